The molecule has 148 valence electrons. The van der Waals surface area contributed by atoms with E-state index >= 15 is 0 Å². The first-order valence-electron chi connectivity index (χ1n) is 9.80. The van der Waals surface area contributed by atoms with Gasteiger partial charge in [-0.25, -0.2) is 4.79 Å². The molecule has 3 aliphatic rings. The second-order valence-electron chi connectivity index (χ2n) is 8.48. The van der Waals surface area contributed by atoms with E-state index in [1.165, 1.54) is 0 Å². The summed E-state index contributed by atoms with van der Waals surface area (Å²) >= 11 is 0. The predicted molar refractivity (Wildman–Crippen MR) is 98.3 cm³/mol. The number of methoxy groups -OCH3 is 1. The Kier molecular flexibility index (Phi) is 4.84. The van der Waals surface area contributed by atoms with Crippen LogP contribution in [0.2, 0.25) is 0 Å². The minimum Gasteiger partial charge on any atom is -0.446 e. The molecule has 0 aliphatic heterocycles. The predicted octanol–water partition coefficient (Wildman–Crippen LogP) is 2.55. The molecule has 27 heavy (non-hydrogen) atoms. The number of H-pyrrole nitrogens is 1. The monoisotopic (exact) mass is 376 g/mol. The first-order chi connectivity index (χ1) is 13.0. The summed E-state index contributed by atoms with van der Waals surface area (Å²) in [4.78, 5) is 24.2. The Morgan fingerprint density at radius 1 is 1.33 bits per heavy atom. The number of aromatic amines is 1. The van der Waals surface area contributed by atoms with E-state index in [1.807, 2.05) is 13.0 Å². The summed E-state index contributed by atoms with van der Waals surface area (Å²) < 4.78 is 10.7. The number of ether oxygens (including phenoxy) is 2. The fourth-order valence-electron chi connectivity index (χ4n) is 3.87. The molecule has 8 heteroatoms. The average Bonchev–Trinajstić information content (AvgIpc) is 3.41. The molecular weight excluding hydrogens is 348 g/mol. The second kappa shape index (κ2) is 7.14. The molecule has 0 aromatic carbocycles. The third-order valence-electron chi connectivity index (χ3n) is 5.99. The quantitative estimate of drug-likeness (QED) is 0.678. The molecule has 4 atom stereocenters. The van der Waals surface area contributed by atoms with Crippen molar-refractivity contribution >= 4 is 17.8 Å². The zero-order valence-electron chi connectivity index (χ0n) is 15.9. The number of hydrogen-bond donors (Lipinski definition) is 3. The summed E-state index contributed by atoms with van der Waals surface area (Å²) in [7, 11) is 1.65. The van der Waals surface area contributed by atoms with Crippen molar-refractivity contribution in [3.05, 3.63) is 11.8 Å². The average molecular weight is 376 g/mol. The molecule has 2 amide bonds. The van der Waals surface area contributed by atoms with E-state index in [2.05, 4.69) is 20.8 Å². The van der Waals surface area contributed by atoms with Gasteiger partial charge in [0, 0.05) is 42.9 Å². The SMILES string of the molecule is COC[C@H]1C[C@@H]1C(=O)Nc1cc([C@H]2CC[C@@H](OC(=O)NC3(C)CC3)C2)[nH]n1. The molecule has 1 aromatic rings. The molecule has 0 radical (unpaired) electrons. The van der Waals surface area contributed by atoms with E-state index in [4.69, 9.17) is 9.47 Å². The van der Waals surface area contributed by atoms with Crippen molar-refractivity contribution in [2.24, 2.45) is 11.8 Å². The van der Waals surface area contributed by atoms with Gasteiger partial charge in [-0.05, 0) is 51.4 Å². The van der Waals surface area contributed by atoms with Gasteiger partial charge in [-0.2, -0.15) is 5.10 Å². The van der Waals surface area contributed by atoms with Crippen molar-refractivity contribution in [2.45, 2.75) is 63.0 Å². The van der Waals surface area contributed by atoms with Crippen molar-refractivity contribution in [2.75, 3.05) is 19.0 Å². The second-order valence-corrected chi connectivity index (χ2v) is 8.48. The lowest BCUT2D eigenvalue weighted by atomic mass is 10.0. The largest absolute Gasteiger partial charge is 0.446 e. The standard InChI is InChI=1S/C19H28N4O4/c1-19(5-6-19)21-18(25)27-13-4-3-11(7-13)15-9-16(23-22-15)20-17(24)14-8-12(14)10-26-2/h9,11-14H,3-8,10H2,1-2H3,(H,21,25)(H2,20,22,23,24)/t11-,12+,13+,14-/m0/s1. The Balaban J connectivity index is 1.24. The van der Waals surface area contributed by atoms with Crippen LogP contribution in [-0.4, -0.2) is 47.6 Å². The number of amides is 2. The number of rotatable bonds is 7. The van der Waals surface area contributed by atoms with Crippen LogP contribution in [0.15, 0.2) is 6.07 Å². The number of nitrogens with one attached hydrogen (secondary N) is 3. The van der Waals surface area contributed by atoms with Gasteiger partial charge in [0.15, 0.2) is 5.82 Å². The van der Waals surface area contributed by atoms with Gasteiger partial charge in [0.05, 0.1) is 0 Å². The lowest BCUT2D eigenvalue weighted by Crippen LogP contribution is -2.36. The number of hydrogen-bond acceptors (Lipinski definition) is 5. The molecule has 0 unspecified atom stereocenters. The van der Waals surface area contributed by atoms with Crippen molar-refractivity contribution in [3.63, 3.8) is 0 Å². The fourth-order valence-corrected chi connectivity index (χ4v) is 3.87. The third-order valence-corrected chi connectivity index (χ3v) is 5.99. The molecule has 0 spiro atoms. The molecule has 3 N–H and O–H groups in total. The minimum atomic E-state index is -0.312. The maximum absolute atomic E-state index is 12.2. The normalized spacial score (nSPS) is 30.6. The molecule has 3 saturated carbocycles. The van der Waals surface area contributed by atoms with Gasteiger partial charge >= 0.3 is 6.09 Å². The Hall–Kier alpha value is -2.09. The Morgan fingerprint density at radius 3 is 2.89 bits per heavy atom. The van der Waals surface area contributed by atoms with Crippen LogP contribution in [0.3, 0.4) is 0 Å². The number of aromatic nitrogens is 2. The number of alkyl carbamates (subject to hydrolysis) is 1. The van der Waals surface area contributed by atoms with E-state index in [0.29, 0.717) is 18.3 Å². The van der Waals surface area contributed by atoms with Crippen LogP contribution in [0.1, 0.15) is 57.1 Å². The van der Waals surface area contributed by atoms with Gasteiger partial charge in [-0.1, -0.05) is 0 Å². The summed E-state index contributed by atoms with van der Waals surface area (Å²) in [5.74, 6) is 1.18. The van der Waals surface area contributed by atoms with Gasteiger partial charge < -0.3 is 20.1 Å². The highest BCUT2D eigenvalue weighted by atomic mass is 16.6. The van der Waals surface area contributed by atoms with Crippen LogP contribution in [0, 0.1) is 11.8 Å². The molecule has 1 heterocycles. The van der Waals surface area contributed by atoms with Gasteiger partial charge in [0.25, 0.3) is 0 Å². The summed E-state index contributed by atoms with van der Waals surface area (Å²) in [5, 5.41) is 13.1. The summed E-state index contributed by atoms with van der Waals surface area (Å²) in [5.41, 5.74) is 0.922. The van der Waals surface area contributed by atoms with Crippen LogP contribution in [0.5, 0.6) is 0 Å². The first-order valence-corrected chi connectivity index (χ1v) is 9.80. The highest BCUT2D eigenvalue weighted by Crippen LogP contribution is 2.40. The Bertz CT molecular complexity index is 714. The highest BCUT2D eigenvalue weighted by molar-refractivity contribution is 5.93. The number of anilines is 1. The van der Waals surface area contributed by atoms with Gasteiger partial charge in [0.2, 0.25) is 5.91 Å². The molecule has 8 nitrogen and oxygen atoms in total. The highest BCUT2D eigenvalue weighted by Gasteiger charge is 2.43. The van der Waals surface area contributed by atoms with E-state index in [0.717, 1.165) is 44.2 Å². The minimum absolute atomic E-state index is 0.00738. The smallest absolute Gasteiger partial charge is 0.407 e. The zero-order valence-corrected chi connectivity index (χ0v) is 15.9. The first kappa shape index (κ1) is 18.3. The van der Waals surface area contributed by atoms with Crippen LogP contribution in [0.4, 0.5) is 10.6 Å². The lowest BCUT2D eigenvalue weighted by Gasteiger charge is -2.16. The summed E-state index contributed by atoms with van der Waals surface area (Å²) in [6.07, 6.45) is 5.08. The van der Waals surface area contributed by atoms with E-state index in [9.17, 15) is 9.59 Å². The van der Waals surface area contributed by atoms with Crippen LogP contribution >= 0.6 is 0 Å². The maximum atomic E-state index is 12.2. The van der Waals surface area contributed by atoms with Crippen molar-refractivity contribution < 1.29 is 19.1 Å². The molecule has 1 aromatic heterocycles. The van der Waals surface area contributed by atoms with Crippen LogP contribution in [0.25, 0.3) is 0 Å². The van der Waals surface area contributed by atoms with E-state index in [-0.39, 0.29) is 35.5 Å². The van der Waals surface area contributed by atoms with E-state index < -0.39 is 0 Å². The van der Waals surface area contributed by atoms with Gasteiger partial charge in [-0.15, -0.1) is 0 Å². The number of nitrogens with zero attached hydrogens (tertiary/aromatic N) is 1. The Labute approximate surface area is 158 Å². The number of carbonyl (C=O) groups is 2. The molecular formula is C19H28N4O4. The fraction of sp³-hybridized carbons (Fsp3) is 0.737. The van der Waals surface area contributed by atoms with Gasteiger partial charge in [0.1, 0.15) is 6.10 Å². The van der Waals surface area contributed by atoms with Crippen molar-refractivity contribution in [1.29, 1.82) is 0 Å². The molecule has 3 aliphatic carbocycles. The molecule has 3 fully saturated rings. The van der Waals surface area contributed by atoms with Crippen molar-refractivity contribution in [1.82, 2.24) is 15.5 Å². The lowest BCUT2D eigenvalue weighted by molar-refractivity contribution is -0.117. The summed E-state index contributed by atoms with van der Waals surface area (Å²) in [6.45, 7) is 2.66. The molecule has 4 rings (SSSR count). The van der Waals surface area contributed by atoms with Gasteiger partial charge in [-0.3, -0.25) is 9.89 Å². The topological polar surface area (TPSA) is 105 Å². The zero-order chi connectivity index (χ0) is 19.0. The Morgan fingerprint density at radius 2 is 2.15 bits per heavy atom. The van der Waals surface area contributed by atoms with E-state index in [1.54, 1.807) is 7.11 Å². The maximum Gasteiger partial charge on any atom is 0.407 e. The number of carbonyl (C=O) groups excluding carboxylic acids is 2. The third kappa shape index (κ3) is 4.43. The summed E-state index contributed by atoms with van der Waals surface area (Å²) in [6, 6.07) is 1.89. The van der Waals surface area contributed by atoms with Crippen LogP contribution < -0.4 is 10.6 Å². The van der Waals surface area contributed by atoms with Crippen molar-refractivity contribution in [3.8, 4) is 0 Å². The van der Waals surface area contributed by atoms with Crippen LogP contribution in [-0.2, 0) is 14.3 Å². The molecule has 0 bridgehead atoms. The molecule has 0 saturated heterocycles.